The standard InChI is InChI=1S/C17H13ClN2O2S/c1-11-3-6-17-16(7-11)20(10-14(9-19)23(17,21)22)13-5-4-12(2)15(18)8-13/h3-8,10H,1-2H3. The minimum absolute atomic E-state index is 0.124. The Bertz CT molecular complexity index is 988. The first-order chi connectivity index (χ1) is 10.8. The molecule has 0 fully saturated rings. The molecule has 2 aromatic rings. The quantitative estimate of drug-likeness (QED) is 0.776. The zero-order valence-corrected chi connectivity index (χ0v) is 14.1. The molecule has 0 atom stereocenters. The summed E-state index contributed by atoms with van der Waals surface area (Å²) in [6, 6.07) is 12.3. The highest BCUT2D eigenvalue weighted by Crippen LogP contribution is 2.40. The van der Waals surface area contributed by atoms with E-state index in [0.29, 0.717) is 16.4 Å². The van der Waals surface area contributed by atoms with Gasteiger partial charge in [0, 0.05) is 16.9 Å². The Hall–Kier alpha value is -2.29. The van der Waals surface area contributed by atoms with Gasteiger partial charge >= 0.3 is 0 Å². The van der Waals surface area contributed by atoms with Gasteiger partial charge in [0.15, 0.2) is 4.91 Å². The van der Waals surface area contributed by atoms with Gasteiger partial charge in [-0.05, 0) is 49.2 Å². The van der Waals surface area contributed by atoms with Crippen LogP contribution in [0.2, 0.25) is 5.02 Å². The van der Waals surface area contributed by atoms with Crippen LogP contribution in [0.3, 0.4) is 0 Å². The molecule has 0 amide bonds. The molecule has 4 nitrogen and oxygen atoms in total. The van der Waals surface area contributed by atoms with Crippen molar-refractivity contribution in [2.24, 2.45) is 0 Å². The number of aryl methyl sites for hydroxylation is 2. The smallest absolute Gasteiger partial charge is 0.220 e. The second-order valence-electron chi connectivity index (χ2n) is 5.38. The second-order valence-corrected chi connectivity index (χ2v) is 7.68. The predicted octanol–water partition coefficient (Wildman–Crippen LogP) is 4.25. The van der Waals surface area contributed by atoms with Gasteiger partial charge in [-0.2, -0.15) is 5.26 Å². The lowest BCUT2D eigenvalue weighted by Gasteiger charge is -2.28. The Morgan fingerprint density at radius 3 is 2.52 bits per heavy atom. The van der Waals surface area contributed by atoms with E-state index in [1.54, 1.807) is 29.2 Å². The van der Waals surface area contributed by atoms with Crippen molar-refractivity contribution in [2.75, 3.05) is 4.90 Å². The maximum atomic E-state index is 12.5. The van der Waals surface area contributed by atoms with Crippen molar-refractivity contribution in [3.05, 3.63) is 63.7 Å². The molecule has 2 aromatic carbocycles. The lowest BCUT2D eigenvalue weighted by atomic mass is 10.1. The number of anilines is 2. The van der Waals surface area contributed by atoms with Crippen molar-refractivity contribution in [1.29, 1.82) is 5.26 Å². The molecule has 0 N–H and O–H groups in total. The lowest BCUT2D eigenvalue weighted by molar-refractivity contribution is 0.602. The summed E-state index contributed by atoms with van der Waals surface area (Å²) in [4.78, 5) is 1.53. The molecule has 23 heavy (non-hydrogen) atoms. The van der Waals surface area contributed by atoms with Crippen LogP contribution in [0.15, 0.2) is 52.4 Å². The maximum absolute atomic E-state index is 12.5. The number of fused-ring (bicyclic) bond motifs is 1. The summed E-state index contributed by atoms with van der Waals surface area (Å²) < 4.78 is 25.0. The second kappa shape index (κ2) is 5.41. The van der Waals surface area contributed by atoms with Gasteiger partial charge in [-0.3, -0.25) is 0 Å². The molecule has 1 heterocycles. The minimum Gasteiger partial charge on any atom is -0.314 e. The van der Waals surface area contributed by atoms with E-state index in [2.05, 4.69) is 0 Å². The van der Waals surface area contributed by atoms with Gasteiger partial charge in [-0.25, -0.2) is 8.42 Å². The maximum Gasteiger partial charge on any atom is 0.220 e. The van der Waals surface area contributed by atoms with Crippen LogP contribution in [0, 0.1) is 25.2 Å². The molecular weight excluding hydrogens is 332 g/mol. The molecule has 1 aliphatic heterocycles. The van der Waals surface area contributed by atoms with Crippen LogP contribution in [-0.4, -0.2) is 8.42 Å². The van der Waals surface area contributed by atoms with Gasteiger partial charge in [-0.15, -0.1) is 0 Å². The Labute approximate surface area is 140 Å². The Morgan fingerprint density at radius 2 is 1.87 bits per heavy atom. The highest BCUT2D eigenvalue weighted by molar-refractivity contribution is 7.95. The monoisotopic (exact) mass is 344 g/mol. The van der Waals surface area contributed by atoms with E-state index in [0.717, 1.165) is 11.1 Å². The van der Waals surface area contributed by atoms with E-state index in [1.807, 2.05) is 26.0 Å². The van der Waals surface area contributed by atoms with Gasteiger partial charge in [-0.1, -0.05) is 23.7 Å². The van der Waals surface area contributed by atoms with E-state index in [1.165, 1.54) is 12.3 Å². The predicted molar refractivity (Wildman–Crippen MR) is 90.4 cm³/mol. The molecular formula is C17H13ClN2O2S. The first kappa shape index (κ1) is 15.6. The van der Waals surface area contributed by atoms with Crippen LogP contribution in [0.5, 0.6) is 0 Å². The van der Waals surface area contributed by atoms with Gasteiger partial charge in [0.05, 0.1) is 10.6 Å². The zero-order valence-electron chi connectivity index (χ0n) is 12.5. The molecule has 3 rings (SSSR count). The van der Waals surface area contributed by atoms with Gasteiger partial charge in [0.2, 0.25) is 9.84 Å². The summed E-state index contributed by atoms with van der Waals surface area (Å²) >= 11 is 6.19. The van der Waals surface area contributed by atoms with E-state index >= 15 is 0 Å². The summed E-state index contributed by atoms with van der Waals surface area (Å²) in [5, 5.41) is 9.80. The van der Waals surface area contributed by atoms with E-state index < -0.39 is 9.84 Å². The van der Waals surface area contributed by atoms with Crippen LogP contribution in [0.4, 0.5) is 11.4 Å². The SMILES string of the molecule is Cc1ccc2c(c1)N(c1ccc(C)c(Cl)c1)C=C(C#N)S2(=O)=O. The van der Waals surface area contributed by atoms with Crippen LogP contribution in [-0.2, 0) is 9.84 Å². The zero-order chi connectivity index (χ0) is 16.8. The molecule has 1 aliphatic rings. The van der Waals surface area contributed by atoms with Crippen molar-refractivity contribution < 1.29 is 8.42 Å². The molecule has 0 saturated carbocycles. The number of benzene rings is 2. The largest absolute Gasteiger partial charge is 0.314 e. The van der Waals surface area contributed by atoms with E-state index in [4.69, 9.17) is 11.6 Å². The molecule has 0 unspecified atom stereocenters. The van der Waals surface area contributed by atoms with Crippen molar-refractivity contribution in [3.8, 4) is 6.07 Å². The number of halogens is 1. The summed E-state index contributed by atoms with van der Waals surface area (Å²) in [6.45, 7) is 3.78. The number of allylic oxidation sites excluding steroid dienone is 1. The Balaban J connectivity index is 2.30. The summed E-state index contributed by atoms with van der Waals surface area (Å²) in [5.74, 6) is 0. The first-order valence-electron chi connectivity index (χ1n) is 6.87. The third kappa shape index (κ3) is 2.50. The van der Waals surface area contributed by atoms with Gasteiger partial charge < -0.3 is 4.90 Å². The highest BCUT2D eigenvalue weighted by Gasteiger charge is 2.32. The number of rotatable bonds is 1. The topological polar surface area (TPSA) is 61.2 Å². The Kier molecular flexibility index (Phi) is 3.67. The van der Waals surface area contributed by atoms with E-state index in [9.17, 15) is 13.7 Å². The number of nitriles is 1. The number of sulfone groups is 1. The Morgan fingerprint density at radius 1 is 1.13 bits per heavy atom. The van der Waals surface area contributed by atoms with Crippen LogP contribution >= 0.6 is 11.6 Å². The molecule has 0 radical (unpaired) electrons. The minimum atomic E-state index is -3.78. The van der Waals surface area contributed by atoms with Crippen LogP contribution < -0.4 is 4.90 Å². The third-order valence-corrected chi connectivity index (χ3v) is 5.85. The molecule has 0 aliphatic carbocycles. The van der Waals surface area contributed by atoms with Crippen LogP contribution in [0.1, 0.15) is 11.1 Å². The average Bonchev–Trinajstić information content (AvgIpc) is 2.50. The van der Waals surface area contributed by atoms with Crippen molar-refractivity contribution in [3.63, 3.8) is 0 Å². The molecule has 0 spiro atoms. The number of nitrogens with zero attached hydrogens (tertiary/aromatic N) is 2. The fraction of sp³-hybridized carbons (Fsp3) is 0.118. The molecule has 0 bridgehead atoms. The van der Waals surface area contributed by atoms with Crippen molar-refractivity contribution in [2.45, 2.75) is 18.7 Å². The average molecular weight is 345 g/mol. The van der Waals surface area contributed by atoms with Gasteiger partial charge in [0.1, 0.15) is 6.07 Å². The third-order valence-electron chi connectivity index (χ3n) is 3.74. The summed E-state index contributed by atoms with van der Waals surface area (Å²) in [7, 11) is -3.78. The van der Waals surface area contributed by atoms with Crippen LogP contribution in [0.25, 0.3) is 0 Å². The molecule has 116 valence electrons. The van der Waals surface area contributed by atoms with Crippen molar-refractivity contribution in [1.82, 2.24) is 0 Å². The first-order valence-corrected chi connectivity index (χ1v) is 8.74. The molecule has 0 aromatic heterocycles. The normalized spacial score (nSPS) is 15.6. The summed E-state index contributed by atoms with van der Waals surface area (Å²) in [6.07, 6.45) is 1.35. The number of hydrogen-bond acceptors (Lipinski definition) is 4. The fourth-order valence-electron chi connectivity index (χ4n) is 2.45. The summed E-state index contributed by atoms with van der Waals surface area (Å²) in [5.41, 5.74) is 3.07. The van der Waals surface area contributed by atoms with E-state index in [-0.39, 0.29) is 9.80 Å². The highest BCUT2D eigenvalue weighted by atomic mass is 35.5. The molecule has 0 saturated heterocycles. The van der Waals surface area contributed by atoms with Gasteiger partial charge in [0.25, 0.3) is 0 Å². The number of hydrogen-bond donors (Lipinski definition) is 0. The lowest BCUT2D eigenvalue weighted by Crippen LogP contribution is -2.21. The van der Waals surface area contributed by atoms with Crippen molar-refractivity contribution >= 4 is 32.8 Å². The fourth-order valence-corrected chi connectivity index (χ4v) is 3.91. The molecule has 6 heteroatoms.